The van der Waals surface area contributed by atoms with Crippen molar-refractivity contribution < 1.29 is 9.21 Å². The molecule has 0 atom stereocenters. The fourth-order valence-electron chi connectivity index (χ4n) is 1.58. The van der Waals surface area contributed by atoms with Crippen LogP contribution in [0.4, 0.5) is 0 Å². The molecule has 0 aliphatic carbocycles. The first-order valence-corrected chi connectivity index (χ1v) is 6.06. The normalized spacial score (nSPS) is 10.2. The number of rotatable bonds is 5. The van der Waals surface area contributed by atoms with Crippen molar-refractivity contribution in [3.05, 3.63) is 63.1 Å². The van der Waals surface area contributed by atoms with Crippen LogP contribution in [-0.2, 0) is 6.54 Å². The van der Waals surface area contributed by atoms with Crippen LogP contribution in [0.15, 0.2) is 50.7 Å². The lowest BCUT2D eigenvalue weighted by molar-refractivity contribution is 0.0950. The summed E-state index contributed by atoms with van der Waals surface area (Å²) in [6, 6.07) is 5.58. The molecule has 2 heterocycles. The molecule has 0 aliphatic heterocycles. The fourth-order valence-corrected chi connectivity index (χ4v) is 1.58. The largest absolute Gasteiger partial charge is 0.430 e. The van der Waals surface area contributed by atoms with Gasteiger partial charge in [-0.1, -0.05) is 0 Å². The molecule has 7 nitrogen and oxygen atoms in total. The maximum atomic E-state index is 11.7. The van der Waals surface area contributed by atoms with Crippen molar-refractivity contribution in [2.75, 3.05) is 6.54 Å². The van der Waals surface area contributed by atoms with E-state index in [1.807, 2.05) is 0 Å². The van der Waals surface area contributed by atoms with E-state index in [0.717, 1.165) is 6.26 Å². The Hall–Kier alpha value is -2.70. The van der Waals surface area contributed by atoms with Gasteiger partial charge in [-0.3, -0.25) is 9.59 Å². The molecule has 2 aromatic rings. The van der Waals surface area contributed by atoms with E-state index in [1.54, 1.807) is 6.07 Å². The molecule has 104 valence electrons. The Morgan fingerprint density at radius 1 is 1.30 bits per heavy atom. The van der Waals surface area contributed by atoms with Crippen LogP contribution in [0.5, 0.6) is 0 Å². The third-order valence-electron chi connectivity index (χ3n) is 2.58. The highest BCUT2D eigenvalue weighted by molar-refractivity contribution is 5.93. The van der Waals surface area contributed by atoms with Gasteiger partial charge >= 0.3 is 5.63 Å². The van der Waals surface area contributed by atoms with Gasteiger partial charge in [0.05, 0.1) is 5.56 Å². The Morgan fingerprint density at radius 3 is 2.85 bits per heavy atom. The van der Waals surface area contributed by atoms with Crippen molar-refractivity contribution in [3.63, 3.8) is 0 Å². The van der Waals surface area contributed by atoms with Crippen LogP contribution in [-0.4, -0.2) is 22.2 Å². The van der Waals surface area contributed by atoms with E-state index < -0.39 is 5.63 Å². The lowest BCUT2D eigenvalue weighted by atomic mass is 10.3. The molecule has 2 aromatic heterocycles. The summed E-state index contributed by atoms with van der Waals surface area (Å²) in [6.45, 7) is 0.810. The molecule has 0 spiro atoms. The molecule has 0 fully saturated rings. The monoisotopic (exact) mass is 275 g/mol. The Morgan fingerprint density at radius 2 is 2.15 bits per heavy atom. The van der Waals surface area contributed by atoms with Crippen LogP contribution in [0.3, 0.4) is 0 Å². The summed E-state index contributed by atoms with van der Waals surface area (Å²) in [4.78, 5) is 33.8. The molecule has 0 bridgehead atoms. The second-order valence-electron chi connectivity index (χ2n) is 4.04. The standard InChI is InChI=1S/C13H13N3O4/c17-11-3-1-7-15-16(11)8-2-6-14-13(19)10-4-5-12(18)20-9-10/h1,3-5,7,9H,2,6,8H2,(H,14,19). The SMILES string of the molecule is O=C(NCCCn1ncccc1=O)c1ccc(=O)oc1. The fraction of sp³-hybridized carbons (Fsp3) is 0.231. The Balaban J connectivity index is 1.80. The number of aromatic nitrogens is 2. The predicted octanol–water partition coefficient (Wildman–Crippen LogP) is 0.0166. The maximum Gasteiger partial charge on any atom is 0.335 e. The van der Waals surface area contributed by atoms with Crippen molar-refractivity contribution in [1.29, 1.82) is 0 Å². The van der Waals surface area contributed by atoms with Gasteiger partial charge in [-0.05, 0) is 18.6 Å². The highest BCUT2D eigenvalue weighted by atomic mass is 16.4. The number of hydrogen-bond acceptors (Lipinski definition) is 5. The molecule has 0 saturated heterocycles. The molecule has 20 heavy (non-hydrogen) atoms. The van der Waals surface area contributed by atoms with Gasteiger partial charge in [-0.2, -0.15) is 5.10 Å². The summed E-state index contributed by atoms with van der Waals surface area (Å²) in [7, 11) is 0. The van der Waals surface area contributed by atoms with Gasteiger partial charge in [-0.15, -0.1) is 0 Å². The number of hydrogen-bond donors (Lipinski definition) is 1. The van der Waals surface area contributed by atoms with E-state index in [1.165, 1.54) is 29.1 Å². The van der Waals surface area contributed by atoms with E-state index in [-0.39, 0.29) is 17.0 Å². The van der Waals surface area contributed by atoms with Crippen LogP contribution >= 0.6 is 0 Å². The molecular weight excluding hydrogens is 262 g/mol. The van der Waals surface area contributed by atoms with Crippen LogP contribution in [0, 0.1) is 0 Å². The zero-order chi connectivity index (χ0) is 14.4. The molecule has 1 N–H and O–H groups in total. The van der Waals surface area contributed by atoms with E-state index in [9.17, 15) is 14.4 Å². The van der Waals surface area contributed by atoms with Gasteiger partial charge < -0.3 is 9.73 Å². The van der Waals surface area contributed by atoms with Gasteiger partial charge in [-0.25, -0.2) is 9.48 Å². The second kappa shape index (κ2) is 6.46. The lowest BCUT2D eigenvalue weighted by Crippen LogP contribution is -2.27. The average molecular weight is 275 g/mol. The lowest BCUT2D eigenvalue weighted by Gasteiger charge is -2.05. The number of aryl methyl sites for hydroxylation is 1. The van der Waals surface area contributed by atoms with Gasteiger partial charge in [0.15, 0.2) is 0 Å². The number of nitrogens with zero attached hydrogens (tertiary/aromatic N) is 2. The van der Waals surface area contributed by atoms with E-state index >= 15 is 0 Å². The van der Waals surface area contributed by atoms with E-state index in [2.05, 4.69) is 14.8 Å². The molecule has 1 amide bonds. The van der Waals surface area contributed by atoms with Crippen molar-refractivity contribution in [3.8, 4) is 0 Å². The summed E-state index contributed by atoms with van der Waals surface area (Å²) < 4.78 is 5.93. The molecule has 0 aliphatic rings. The minimum Gasteiger partial charge on any atom is -0.430 e. The molecule has 2 rings (SSSR count). The average Bonchev–Trinajstić information content (AvgIpc) is 2.46. The van der Waals surface area contributed by atoms with Crippen molar-refractivity contribution in [2.24, 2.45) is 0 Å². The first-order valence-electron chi connectivity index (χ1n) is 6.06. The Bertz CT molecular complexity index is 685. The quantitative estimate of drug-likeness (QED) is 0.776. The summed E-state index contributed by atoms with van der Waals surface area (Å²) >= 11 is 0. The van der Waals surface area contributed by atoms with Crippen LogP contribution < -0.4 is 16.5 Å². The van der Waals surface area contributed by atoms with Crippen LogP contribution in [0.2, 0.25) is 0 Å². The van der Waals surface area contributed by atoms with Gasteiger partial charge in [0.2, 0.25) is 0 Å². The summed E-state index contributed by atoms with van der Waals surface area (Å²) in [6.07, 6.45) is 3.21. The molecule has 0 aromatic carbocycles. The smallest absolute Gasteiger partial charge is 0.335 e. The van der Waals surface area contributed by atoms with Crippen molar-refractivity contribution in [1.82, 2.24) is 15.1 Å². The van der Waals surface area contributed by atoms with E-state index in [4.69, 9.17) is 0 Å². The third-order valence-corrected chi connectivity index (χ3v) is 2.58. The van der Waals surface area contributed by atoms with Gasteiger partial charge in [0, 0.05) is 31.4 Å². The first kappa shape index (κ1) is 13.7. The Labute approximate surface area is 113 Å². The van der Waals surface area contributed by atoms with Crippen molar-refractivity contribution >= 4 is 5.91 Å². The van der Waals surface area contributed by atoms with Gasteiger partial charge in [0.1, 0.15) is 6.26 Å². The zero-order valence-corrected chi connectivity index (χ0v) is 10.6. The minimum absolute atomic E-state index is 0.177. The maximum absolute atomic E-state index is 11.7. The third kappa shape index (κ3) is 3.64. The molecular formula is C13H13N3O4. The van der Waals surface area contributed by atoms with E-state index in [0.29, 0.717) is 19.5 Å². The highest BCUT2D eigenvalue weighted by Crippen LogP contribution is 1.95. The molecule has 7 heteroatoms. The topological polar surface area (TPSA) is 94.2 Å². The Kier molecular flexibility index (Phi) is 4.43. The van der Waals surface area contributed by atoms with Crippen molar-refractivity contribution in [2.45, 2.75) is 13.0 Å². The zero-order valence-electron chi connectivity index (χ0n) is 10.6. The minimum atomic E-state index is -0.504. The second-order valence-corrected chi connectivity index (χ2v) is 4.04. The predicted molar refractivity (Wildman–Crippen MR) is 70.4 cm³/mol. The van der Waals surface area contributed by atoms with Gasteiger partial charge in [0.25, 0.3) is 11.5 Å². The summed E-state index contributed by atoms with van der Waals surface area (Å²) in [5.74, 6) is -0.331. The number of carbonyl (C=O) groups excluding carboxylic acids is 1. The summed E-state index contributed by atoms with van der Waals surface area (Å²) in [5.41, 5.74) is -0.403. The number of nitrogens with one attached hydrogen (secondary N) is 1. The highest BCUT2D eigenvalue weighted by Gasteiger charge is 2.05. The first-order chi connectivity index (χ1) is 9.66. The molecule has 0 unspecified atom stereocenters. The van der Waals surface area contributed by atoms with Crippen LogP contribution in [0.25, 0.3) is 0 Å². The number of carbonyl (C=O) groups is 1. The molecule has 0 radical (unpaired) electrons. The number of amides is 1. The molecule has 0 saturated carbocycles. The summed E-state index contributed by atoms with van der Waals surface area (Å²) in [5, 5.41) is 6.57. The van der Waals surface area contributed by atoms with Crippen LogP contribution in [0.1, 0.15) is 16.8 Å².